The van der Waals surface area contributed by atoms with Gasteiger partial charge in [0.25, 0.3) is 5.91 Å². The fourth-order valence-corrected chi connectivity index (χ4v) is 1.78. The van der Waals surface area contributed by atoms with Crippen LogP contribution < -0.4 is 10.1 Å². The quantitative estimate of drug-likeness (QED) is 0.860. The molecule has 0 saturated carbocycles. The number of ether oxygens (including phenoxy) is 1. The van der Waals surface area contributed by atoms with Crippen LogP contribution in [0.2, 0.25) is 5.02 Å². The number of carbonyl (C=O) groups is 2. The van der Waals surface area contributed by atoms with Gasteiger partial charge >= 0.3 is 0 Å². The summed E-state index contributed by atoms with van der Waals surface area (Å²) in [4.78, 5) is 22.3. The number of halogens is 1. The van der Waals surface area contributed by atoms with Gasteiger partial charge in [-0.2, -0.15) is 0 Å². The molecule has 0 unspecified atom stereocenters. The lowest BCUT2D eigenvalue weighted by atomic mass is 10.2. The monoisotopic (exact) mass is 289 g/mol. The van der Waals surface area contributed by atoms with E-state index in [2.05, 4.69) is 5.32 Å². The fourth-order valence-electron chi connectivity index (χ4n) is 1.59. The van der Waals surface area contributed by atoms with Crippen molar-refractivity contribution in [1.82, 2.24) is 0 Å². The minimum atomic E-state index is -0.302. The van der Waals surface area contributed by atoms with Crippen molar-refractivity contribution in [1.29, 1.82) is 0 Å². The zero-order valence-corrected chi connectivity index (χ0v) is 11.3. The predicted octanol–water partition coefficient (Wildman–Crippen LogP) is 3.17. The number of hydrogen-bond donors (Lipinski definition) is 1. The number of carbonyl (C=O) groups excluding carboxylic acids is 2. The molecule has 2 aromatic carbocycles. The third kappa shape index (κ3) is 4.10. The van der Waals surface area contributed by atoms with Crippen LogP contribution in [0.1, 0.15) is 10.4 Å². The highest BCUT2D eigenvalue weighted by Crippen LogP contribution is 2.15. The summed E-state index contributed by atoms with van der Waals surface area (Å²) >= 11 is 5.82. The number of aldehydes is 1. The number of rotatable bonds is 5. The first-order chi connectivity index (χ1) is 9.67. The topological polar surface area (TPSA) is 55.4 Å². The summed E-state index contributed by atoms with van der Waals surface area (Å²) in [6.07, 6.45) is 0.721. The van der Waals surface area contributed by atoms with Gasteiger partial charge in [0.1, 0.15) is 12.0 Å². The highest BCUT2D eigenvalue weighted by Gasteiger charge is 2.04. The van der Waals surface area contributed by atoms with Gasteiger partial charge in [-0.05, 0) is 30.3 Å². The second-order valence-electron chi connectivity index (χ2n) is 4.04. The first-order valence-electron chi connectivity index (χ1n) is 5.91. The molecule has 0 heterocycles. The normalized spacial score (nSPS) is 9.85. The molecule has 4 nitrogen and oxygen atoms in total. The van der Waals surface area contributed by atoms with Gasteiger partial charge in [-0.15, -0.1) is 0 Å². The number of hydrogen-bond acceptors (Lipinski definition) is 3. The lowest BCUT2D eigenvalue weighted by Crippen LogP contribution is -2.20. The van der Waals surface area contributed by atoms with E-state index in [0.29, 0.717) is 22.0 Å². The first-order valence-corrected chi connectivity index (χ1v) is 6.28. The van der Waals surface area contributed by atoms with Crippen molar-refractivity contribution >= 4 is 29.5 Å². The summed E-state index contributed by atoms with van der Waals surface area (Å²) in [5.74, 6) is 0.166. The maximum Gasteiger partial charge on any atom is 0.262 e. The minimum absolute atomic E-state index is 0.144. The molecule has 0 radical (unpaired) electrons. The summed E-state index contributed by atoms with van der Waals surface area (Å²) in [6, 6.07) is 13.4. The summed E-state index contributed by atoms with van der Waals surface area (Å²) in [5, 5.41) is 3.21. The molecule has 0 fully saturated rings. The molecule has 0 spiro atoms. The van der Waals surface area contributed by atoms with Crippen LogP contribution in [0.5, 0.6) is 5.75 Å². The Labute approximate surface area is 121 Å². The van der Waals surface area contributed by atoms with Crippen molar-refractivity contribution in [3.8, 4) is 5.75 Å². The van der Waals surface area contributed by atoms with Gasteiger partial charge in [-0.3, -0.25) is 9.59 Å². The molecule has 0 bridgehead atoms. The Kier molecular flexibility index (Phi) is 4.74. The van der Waals surface area contributed by atoms with Gasteiger partial charge in [-0.1, -0.05) is 29.8 Å². The van der Waals surface area contributed by atoms with Crippen molar-refractivity contribution < 1.29 is 14.3 Å². The van der Waals surface area contributed by atoms with Crippen molar-refractivity contribution in [2.45, 2.75) is 0 Å². The van der Waals surface area contributed by atoms with E-state index < -0.39 is 0 Å². The van der Waals surface area contributed by atoms with Crippen LogP contribution in [0.3, 0.4) is 0 Å². The standard InChI is InChI=1S/C15H12ClNO3/c16-12-4-2-5-13(8-12)17-15(19)10-20-14-6-1-3-11(7-14)9-18/h1-9H,10H2,(H,17,19). The molecule has 2 aromatic rings. The largest absolute Gasteiger partial charge is 0.484 e. The van der Waals surface area contributed by atoms with E-state index in [1.54, 1.807) is 48.5 Å². The number of benzene rings is 2. The van der Waals surface area contributed by atoms with E-state index >= 15 is 0 Å². The summed E-state index contributed by atoms with van der Waals surface area (Å²) in [6.45, 7) is -0.144. The second kappa shape index (κ2) is 6.73. The van der Waals surface area contributed by atoms with Crippen LogP contribution in [0.15, 0.2) is 48.5 Å². The molecular weight excluding hydrogens is 278 g/mol. The van der Waals surface area contributed by atoms with E-state index in [1.165, 1.54) is 0 Å². The Bertz CT molecular complexity index is 628. The molecule has 102 valence electrons. The van der Waals surface area contributed by atoms with Gasteiger partial charge in [0.2, 0.25) is 0 Å². The Morgan fingerprint density at radius 3 is 2.75 bits per heavy atom. The van der Waals surface area contributed by atoms with Gasteiger partial charge in [0, 0.05) is 16.3 Å². The van der Waals surface area contributed by atoms with E-state index in [4.69, 9.17) is 16.3 Å². The lowest BCUT2D eigenvalue weighted by molar-refractivity contribution is -0.118. The Morgan fingerprint density at radius 2 is 2.00 bits per heavy atom. The van der Waals surface area contributed by atoms with Crippen LogP contribution in [0.25, 0.3) is 0 Å². The predicted molar refractivity (Wildman–Crippen MR) is 77.4 cm³/mol. The van der Waals surface area contributed by atoms with Crippen molar-refractivity contribution in [3.05, 3.63) is 59.1 Å². The minimum Gasteiger partial charge on any atom is -0.484 e. The number of amides is 1. The molecule has 1 amide bonds. The highest BCUT2D eigenvalue weighted by molar-refractivity contribution is 6.30. The maximum atomic E-state index is 11.7. The molecule has 2 rings (SSSR count). The van der Waals surface area contributed by atoms with Crippen LogP contribution in [-0.4, -0.2) is 18.8 Å². The van der Waals surface area contributed by atoms with Crippen LogP contribution in [-0.2, 0) is 4.79 Å². The Hall–Kier alpha value is -2.33. The summed E-state index contributed by atoms with van der Waals surface area (Å²) < 4.78 is 5.31. The third-order valence-corrected chi connectivity index (χ3v) is 2.71. The van der Waals surface area contributed by atoms with Crippen LogP contribution in [0.4, 0.5) is 5.69 Å². The molecule has 5 heteroatoms. The molecule has 0 aliphatic heterocycles. The summed E-state index contributed by atoms with van der Waals surface area (Å²) in [5.41, 5.74) is 1.10. The SMILES string of the molecule is O=Cc1cccc(OCC(=O)Nc2cccc(Cl)c2)c1. The highest BCUT2D eigenvalue weighted by atomic mass is 35.5. The lowest BCUT2D eigenvalue weighted by Gasteiger charge is -2.08. The Morgan fingerprint density at radius 1 is 1.20 bits per heavy atom. The molecule has 1 N–H and O–H groups in total. The average molecular weight is 290 g/mol. The number of anilines is 1. The Balaban J connectivity index is 1.90. The van der Waals surface area contributed by atoms with Crippen LogP contribution >= 0.6 is 11.6 Å². The van der Waals surface area contributed by atoms with Crippen molar-refractivity contribution in [2.75, 3.05) is 11.9 Å². The van der Waals surface area contributed by atoms with Gasteiger partial charge in [0.05, 0.1) is 0 Å². The molecule has 0 aliphatic carbocycles. The van der Waals surface area contributed by atoms with E-state index in [1.807, 2.05) is 0 Å². The van der Waals surface area contributed by atoms with Gasteiger partial charge in [-0.25, -0.2) is 0 Å². The molecule has 0 aliphatic rings. The number of nitrogens with one attached hydrogen (secondary N) is 1. The molecule has 0 atom stereocenters. The average Bonchev–Trinajstić information content (AvgIpc) is 2.45. The molecule has 20 heavy (non-hydrogen) atoms. The van der Waals surface area contributed by atoms with Crippen molar-refractivity contribution in [3.63, 3.8) is 0 Å². The van der Waals surface area contributed by atoms with Gasteiger partial charge < -0.3 is 10.1 Å². The van der Waals surface area contributed by atoms with E-state index in [-0.39, 0.29) is 12.5 Å². The zero-order chi connectivity index (χ0) is 14.4. The van der Waals surface area contributed by atoms with Crippen molar-refractivity contribution in [2.24, 2.45) is 0 Å². The molecule has 0 aromatic heterocycles. The zero-order valence-electron chi connectivity index (χ0n) is 10.5. The molecule has 0 saturated heterocycles. The van der Waals surface area contributed by atoms with E-state index in [9.17, 15) is 9.59 Å². The van der Waals surface area contributed by atoms with Gasteiger partial charge in [0.15, 0.2) is 6.61 Å². The summed E-state index contributed by atoms with van der Waals surface area (Å²) in [7, 11) is 0. The van der Waals surface area contributed by atoms with E-state index in [0.717, 1.165) is 6.29 Å². The fraction of sp³-hybridized carbons (Fsp3) is 0.0667. The first kappa shape index (κ1) is 14.1. The maximum absolute atomic E-state index is 11.7. The smallest absolute Gasteiger partial charge is 0.262 e. The third-order valence-electron chi connectivity index (χ3n) is 2.47. The van der Waals surface area contributed by atoms with Crippen LogP contribution in [0, 0.1) is 0 Å². The molecular formula is C15H12ClNO3. The second-order valence-corrected chi connectivity index (χ2v) is 4.47.